The largest absolute Gasteiger partial charge is 0.409 e. The molecule has 0 saturated carbocycles. The van der Waals surface area contributed by atoms with E-state index in [0.717, 1.165) is 25.1 Å². The lowest BCUT2D eigenvalue weighted by Gasteiger charge is -2.21. The standard InChI is InChI=1S/C14H23N3O2/c1-3-6-17(7-8-18)10-13-5-4-12(9-11(13)2)14(15)16-19/h4-5,9,18-19H,3,6-8,10H2,1-2H3,(H2,15,16). The van der Waals surface area contributed by atoms with Crippen LogP contribution in [0.4, 0.5) is 0 Å². The van der Waals surface area contributed by atoms with Gasteiger partial charge >= 0.3 is 0 Å². The monoisotopic (exact) mass is 265 g/mol. The Balaban J connectivity index is 2.83. The molecule has 1 rings (SSSR count). The maximum Gasteiger partial charge on any atom is 0.170 e. The average Bonchev–Trinajstić information content (AvgIpc) is 2.40. The van der Waals surface area contributed by atoms with Crippen molar-refractivity contribution in [1.82, 2.24) is 4.90 Å². The molecule has 0 heterocycles. The molecule has 0 aliphatic carbocycles. The Morgan fingerprint density at radius 3 is 2.63 bits per heavy atom. The second-order valence-corrected chi connectivity index (χ2v) is 4.63. The third-order valence-corrected chi connectivity index (χ3v) is 3.10. The van der Waals surface area contributed by atoms with Crippen LogP contribution in [0.1, 0.15) is 30.0 Å². The van der Waals surface area contributed by atoms with Crippen molar-refractivity contribution in [1.29, 1.82) is 0 Å². The summed E-state index contributed by atoms with van der Waals surface area (Å²) >= 11 is 0. The van der Waals surface area contributed by atoms with Crippen LogP contribution in [0.2, 0.25) is 0 Å². The first kappa shape index (κ1) is 15.5. The summed E-state index contributed by atoms with van der Waals surface area (Å²) in [6.07, 6.45) is 1.06. The lowest BCUT2D eigenvalue weighted by molar-refractivity contribution is 0.190. The van der Waals surface area contributed by atoms with E-state index in [1.54, 1.807) is 0 Å². The molecule has 0 atom stereocenters. The smallest absolute Gasteiger partial charge is 0.170 e. The molecule has 19 heavy (non-hydrogen) atoms. The van der Waals surface area contributed by atoms with E-state index < -0.39 is 0 Å². The lowest BCUT2D eigenvalue weighted by Crippen LogP contribution is -2.27. The lowest BCUT2D eigenvalue weighted by atomic mass is 10.0. The van der Waals surface area contributed by atoms with Crippen LogP contribution in [-0.2, 0) is 6.54 Å². The van der Waals surface area contributed by atoms with Crippen molar-refractivity contribution < 1.29 is 10.3 Å². The molecule has 4 N–H and O–H groups in total. The summed E-state index contributed by atoms with van der Waals surface area (Å²) in [5.74, 6) is 0.121. The minimum absolute atomic E-state index is 0.121. The van der Waals surface area contributed by atoms with Gasteiger partial charge in [0.05, 0.1) is 6.61 Å². The number of nitrogens with two attached hydrogens (primary N) is 1. The highest BCUT2D eigenvalue weighted by molar-refractivity contribution is 5.97. The Labute approximate surface area is 114 Å². The Morgan fingerprint density at radius 2 is 2.11 bits per heavy atom. The van der Waals surface area contributed by atoms with Gasteiger partial charge in [-0.3, -0.25) is 4.90 Å². The van der Waals surface area contributed by atoms with Crippen molar-refractivity contribution in [3.05, 3.63) is 34.9 Å². The van der Waals surface area contributed by atoms with Gasteiger partial charge in [0.2, 0.25) is 0 Å². The number of amidine groups is 1. The van der Waals surface area contributed by atoms with Crippen LogP contribution in [0.25, 0.3) is 0 Å². The molecule has 5 heteroatoms. The minimum atomic E-state index is 0.121. The normalized spacial score (nSPS) is 12.1. The summed E-state index contributed by atoms with van der Waals surface area (Å²) in [6, 6.07) is 5.75. The van der Waals surface area contributed by atoms with E-state index in [1.165, 1.54) is 5.56 Å². The topological polar surface area (TPSA) is 82.1 Å². The van der Waals surface area contributed by atoms with Crippen LogP contribution in [0.5, 0.6) is 0 Å². The number of hydrogen-bond acceptors (Lipinski definition) is 4. The zero-order chi connectivity index (χ0) is 14.3. The summed E-state index contributed by atoms with van der Waals surface area (Å²) in [4.78, 5) is 2.21. The van der Waals surface area contributed by atoms with Crippen molar-refractivity contribution in [2.24, 2.45) is 10.9 Å². The number of aliphatic hydroxyl groups excluding tert-OH is 1. The number of hydrogen-bond donors (Lipinski definition) is 3. The zero-order valence-electron chi connectivity index (χ0n) is 11.6. The molecule has 0 saturated heterocycles. The fraction of sp³-hybridized carbons (Fsp3) is 0.500. The van der Waals surface area contributed by atoms with Gasteiger partial charge in [0.25, 0.3) is 0 Å². The van der Waals surface area contributed by atoms with E-state index in [0.29, 0.717) is 12.1 Å². The van der Waals surface area contributed by atoms with Crippen LogP contribution in [0.3, 0.4) is 0 Å². The Kier molecular flexibility index (Phi) is 6.32. The third kappa shape index (κ3) is 4.54. The maximum atomic E-state index is 9.06. The molecule has 1 aromatic carbocycles. The van der Waals surface area contributed by atoms with Crippen molar-refractivity contribution in [2.75, 3.05) is 19.7 Å². The summed E-state index contributed by atoms with van der Waals surface area (Å²) in [5, 5.41) is 20.7. The van der Waals surface area contributed by atoms with Crippen molar-refractivity contribution in [2.45, 2.75) is 26.8 Å². The molecule has 0 unspecified atom stereocenters. The van der Waals surface area contributed by atoms with Crippen LogP contribution < -0.4 is 5.73 Å². The number of rotatable bonds is 7. The van der Waals surface area contributed by atoms with Gasteiger partial charge in [0.15, 0.2) is 5.84 Å². The molecule has 0 aliphatic heterocycles. The highest BCUT2D eigenvalue weighted by Crippen LogP contribution is 2.14. The van der Waals surface area contributed by atoms with Gasteiger partial charge in [-0.05, 0) is 37.1 Å². The first-order valence-electron chi connectivity index (χ1n) is 6.53. The number of aryl methyl sites for hydroxylation is 1. The van der Waals surface area contributed by atoms with Crippen molar-refractivity contribution in [3.63, 3.8) is 0 Å². The van der Waals surface area contributed by atoms with Gasteiger partial charge in [0, 0.05) is 18.7 Å². The second kappa shape index (κ2) is 7.76. The number of benzene rings is 1. The van der Waals surface area contributed by atoms with Gasteiger partial charge in [-0.25, -0.2) is 0 Å². The molecule has 1 aromatic rings. The Bertz CT molecular complexity index is 427. The van der Waals surface area contributed by atoms with Gasteiger partial charge in [-0.2, -0.15) is 0 Å². The highest BCUT2D eigenvalue weighted by atomic mass is 16.4. The molecular formula is C14H23N3O2. The molecule has 106 valence electrons. The van der Waals surface area contributed by atoms with E-state index in [2.05, 4.69) is 17.0 Å². The van der Waals surface area contributed by atoms with Gasteiger partial charge < -0.3 is 16.0 Å². The van der Waals surface area contributed by atoms with Gasteiger partial charge in [0.1, 0.15) is 0 Å². The fourth-order valence-electron chi connectivity index (χ4n) is 2.06. The Morgan fingerprint density at radius 1 is 1.37 bits per heavy atom. The molecule has 0 amide bonds. The molecule has 0 bridgehead atoms. The van der Waals surface area contributed by atoms with E-state index in [9.17, 15) is 0 Å². The average molecular weight is 265 g/mol. The first-order chi connectivity index (χ1) is 9.12. The van der Waals surface area contributed by atoms with E-state index in [-0.39, 0.29) is 12.4 Å². The molecule has 5 nitrogen and oxygen atoms in total. The van der Waals surface area contributed by atoms with E-state index >= 15 is 0 Å². The van der Waals surface area contributed by atoms with Gasteiger partial charge in [-0.1, -0.05) is 24.2 Å². The molecule has 0 aromatic heterocycles. The summed E-state index contributed by atoms with van der Waals surface area (Å²) in [7, 11) is 0. The van der Waals surface area contributed by atoms with E-state index in [1.807, 2.05) is 25.1 Å². The number of nitrogens with zero attached hydrogens (tertiary/aromatic N) is 2. The maximum absolute atomic E-state index is 9.06. The molecule has 0 fully saturated rings. The van der Waals surface area contributed by atoms with Crippen LogP contribution in [-0.4, -0.2) is 40.7 Å². The Hall–Kier alpha value is -1.59. The van der Waals surface area contributed by atoms with Crippen molar-refractivity contribution in [3.8, 4) is 0 Å². The zero-order valence-corrected chi connectivity index (χ0v) is 11.6. The summed E-state index contributed by atoms with van der Waals surface area (Å²) in [6.45, 7) is 6.74. The SMILES string of the molecule is CCCN(CCO)Cc1ccc(/C(N)=N/O)cc1C. The predicted octanol–water partition coefficient (Wildman–Crippen LogP) is 1.29. The fourth-order valence-corrected chi connectivity index (χ4v) is 2.06. The number of oxime groups is 1. The quantitative estimate of drug-likeness (QED) is 0.300. The van der Waals surface area contributed by atoms with Gasteiger partial charge in [-0.15, -0.1) is 0 Å². The van der Waals surface area contributed by atoms with Crippen LogP contribution >= 0.6 is 0 Å². The third-order valence-electron chi connectivity index (χ3n) is 3.10. The molecule has 0 aliphatic rings. The summed E-state index contributed by atoms with van der Waals surface area (Å²) in [5.41, 5.74) is 8.57. The van der Waals surface area contributed by atoms with Crippen LogP contribution in [0.15, 0.2) is 23.4 Å². The first-order valence-corrected chi connectivity index (χ1v) is 6.53. The molecular weight excluding hydrogens is 242 g/mol. The predicted molar refractivity (Wildman–Crippen MR) is 76.3 cm³/mol. The summed E-state index contributed by atoms with van der Waals surface area (Å²) < 4.78 is 0. The number of aliphatic hydroxyl groups is 1. The van der Waals surface area contributed by atoms with Crippen molar-refractivity contribution >= 4 is 5.84 Å². The van der Waals surface area contributed by atoms with Crippen LogP contribution in [0, 0.1) is 6.92 Å². The van der Waals surface area contributed by atoms with E-state index in [4.69, 9.17) is 16.0 Å². The minimum Gasteiger partial charge on any atom is -0.409 e. The molecule has 0 radical (unpaired) electrons. The second-order valence-electron chi connectivity index (χ2n) is 4.63. The highest BCUT2D eigenvalue weighted by Gasteiger charge is 2.08. The molecule has 0 spiro atoms.